The number of sulfonamides is 1. The molecule has 0 atom stereocenters. The number of rotatable bonds is 7. The largest absolute Gasteiger partial charge is 0.450 e. The first-order chi connectivity index (χ1) is 14.8. The zero-order valence-corrected chi connectivity index (χ0v) is 18.9. The molecule has 2 amide bonds. The summed E-state index contributed by atoms with van der Waals surface area (Å²) >= 11 is 2.28. The molecule has 0 bridgehead atoms. The Balaban J connectivity index is 1.49. The smallest absolute Gasteiger partial charge is 0.413 e. The fourth-order valence-corrected chi connectivity index (χ4v) is 5.89. The lowest BCUT2D eigenvalue weighted by molar-refractivity contribution is -0.129. The number of thioether (sulfide) groups is 1. The third kappa shape index (κ3) is 5.90. The van der Waals surface area contributed by atoms with Crippen LogP contribution in [0.4, 0.5) is 14.3 Å². The number of piperazine rings is 1. The van der Waals surface area contributed by atoms with Gasteiger partial charge in [0.05, 0.1) is 12.4 Å². The van der Waals surface area contributed by atoms with Crippen LogP contribution < -0.4 is 5.32 Å². The van der Waals surface area contributed by atoms with E-state index in [1.807, 2.05) is 0 Å². The first-order valence-electron chi connectivity index (χ1n) is 9.23. The van der Waals surface area contributed by atoms with E-state index in [0.29, 0.717) is 4.34 Å². The number of carbonyl (C=O) groups excluding carboxylic acids is 2. The molecule has 1 aliphatic heterocycles. The van der Waals surface area contributed by atoms with Crippen LogP contribution >= 0.6 is 23.1 Å². The van der Waals surface area contributed by atoms with Gasteiger partial charge in [-0.15, -0.1) is 10.2 Å². The number of nitrogens with one attached hydrogen (secondary N) is 1. The maximum absolute atomic E-state index is 13.9. The number of amides is 2. The molecule has 2 aromatic rings. The summed E-state index contributed by atoms with van der Waals surface area (Å²) in [4.78, 5) is 25.0. The molecule has 14 heteroatoms. The minimum atomic E-state index is -3.95. The normalized spacial score (nSPS) is 15.0. The first-order valence-corrected chi connectivity index (χ1v) is 12.5. The Labute approximate surface area is 186 Å². The van der Waals surface area contributed by atoms with E-state index < -0.39 is 21.9 Å². The van der Waals surface area contributed by atoms with Gasteiger partial charge >= 0.3 is 6.09 Å². The standard InChI is InChI=1S/C17H20FN5O5S3/c1-2-28-16(25)19-15-20-21-17(30-15)29-11-14(24)22-7-9-23(10-8-22)31(26,27)13-6-4-3-5-12(13)18/h3-6H,2,7-11H2,1H3,(H,19,20,25). The van der Waals surface area contributed by atoms with Crippen LogP contribution in [0.2, 0.25) is 0 Å². The second kappa shape index (κ2) is 10.3. The van der Waals surface area contributed by atoms with E-state index in [0.717, 1.165) is 17.4 Å². The fourth-order valence-electron chi connectivity index (χ4n) is 2.76. The molecule has 0 saturated carbocycles. The van der Waals surface area contributed by atoms with Crippen molar-refractivity contribution in [1.82, 2.24) is 19.4 Å². The van der Waals surface area contributed by atoms with Crippen LogP contribution in [0.15, 0.2) is 33.5 Å². The molecule has 1 aromatic heterocycles. The molecule has 0 spiro atoms. The minimum Gasteiger partial charge on any atom is -0.450 e. The summed E-state index contributed by atoms with van der Waals surface area (Å²) in [6.07, 6.45) is -0.630. The second-order valence-corrected chi connectivity index (χ2v) is 10.3. The van der Waals surface area contributed by atoms with Gasteiger partial charge in [-0.05, 0) is 19.1 Å². The van der Waals surface area contributed by atoms with Gasteiger partial charge in [-0.2, -0.15) is 4.31 Å². The molecule has 3 rings (SSSR count). The van der Waals surface area contributed by atoms with Gasteiger partial charge < -0.3 is 9.64 Å². The Kier molecular flexibility index (Phi) is 7.80. The van der Waals surface area contributed by atoms with E-state index in [4.69, 9.17) is 4.74 Å². The predicted molar refractivity (Wildman–Crippen MR) is 113 cm³/mol. The Morgan fingerprint density at radius 2 is 1.94 bits per heavy atom. The van der Waals surface area contributed by atoms with Gasteiger partial charge in [0.25, 0.3) is 0 Å². The lowest BCUT2D eigenvalue weighted by Gasteiger charge is -2.34. The van der Waals surface area contributed by atoms with Crippen LogP contribution in [0.3, 0.4) is 0 Å². The van der Waals surface area contributed by atoms with Crippen molar-refractivity contribution in [3.05, 3.63) is 30.1 Å². The third-order valence-corrected chi connectivity index (χ3v) is 8.14. The quantitative estimate of drug-likeness (QED) is 0.462. The molecule has 0 unspecified atom stereocenters. The molecule has 31 heavy (non-hydrogen) atoms. The number of hydrogen-bond acceptors (Lipinski definition) is 9. The zero-order valence-electron chi connectivity index (χ0n) is 16.5. The number of nitrogens with zero attached hydrogens (tertiary/aromatic N) is 4. The van der Waals surface area contributed by atoms with Gasteiger partial charge in [-0.25, -0.2) is 17.6 Å². The molecule has 1 saturated heterocycles. The van der Waals surface area contributed by atoms with Crippen molar-refractivity contribution in [2.45, 2.75) is 16.2 Å². The summed E-state index contributed by atoms with van der Waals surface area (Å²) in [7, 11) is -3.95. The van der Waals surface area contributed by atoms with Gasteiger partial charge in [-0.1, -0.05) is 35.2 Å². The molecule has 0 aliphatic carbocycles. The topological polar surface area (TPSA) is 122 Å². The Morgan fingerprint density at radius 1 is 1.23 bits per heavy atom. The van der Waals surface area contributed by atoms with E-state index >= 15 is 0 Å². The number of aromatic nitrogens is 2. The van der Waals surface area contributed by atoms with Crippen molar-refractivity contribution in [1.29, 1.82) is 0 Å². The van der Waals surface area contributed by atoms with Crippen LogP contribution in [-0.2, 0) is 19.6 Å². The highest BCUT2D eigenvalue weighted by molar-refractivity contribution is 8.01. The van der Waals surface area contributed by atoms with Crippen molar-refractivity contribution in [3.8, 4) is 0 Å². The van der Waals surface area contributed by atoms with Gasteiger partial charge in [-0.3, -0.25) is 10.1 Å². The molecule has 1 aliphatic rings. The molecule has 10 nitrogen and oxygen atoms in total. The number of ether oxygens (including phenoxy) is 1. The molecule has 1 aromatic carbocycles. The number of benzene rings is 1. The second-order valence-electron chi connectivity index (χ2n) is 6.22. The maximum atomic E-state index is 13.9. The minimum absolute atomic E-state index is 0.0828. The van der Waals surface area contributed by atoms with E-state index in [1.165, 1.54) is 34.3 Å². The third-order valence-electron chi connectivity index (χ3n) is 4.26. The van der Waals surface area contributed by atoms with Crippen LogP contribution in [0, 0.1) is 5.82 Å². The van der Waals surface area contributed by atoms with Crippen molar-refractivity contribution >= 4 is 50.3 Å². The highest BCUT2D eigenvalue weighted by Crippen LogP contribution is 2.26. The monoisotopic (exact) mass is 489 g/mol. The summed E-state index contributed by atoms with van der Waals surface area (Å²) in [6.45, 7) is 2.49. The number of halogens is 1. The number of anilines is 1. The molecule has 1 fully saturated rings. The molecule has 1 N–H and O–H groups in total. The van der Waals surface area contributed by atoms with E-state index in [-0.39, 0.29) is 54.5 Å². The van der Waals surface area contributed by atoms with Gasteiger partial charge in [0.2, 0.25) is 21.1 Å². The number of carbonyl (C=O) groups is 2. The fraction of sp³-hybridized carbons (Fsp3) is 0.412. The Bertz CT molecular complexity index is 1040. The summed E-state index contributed by atoms with van der Waals surface area (Å²) in [5.41, 5.74) is 0. The molecular weight excluding hydrogens is 469 g/mol. The van der Waals surface area contributed by atoms with E-state index in [9.17, 15) is 22.4 Å². The lowest BCUT2D eigenvalue weighted by Crippen LogP contribution is -2.51. The maximum Gasteiger partial charge on any atom is 0.413 e. The van der Waals surface area contributed by atoms with E-state index in [2.05, 4.69) is 15.5 Å². The molecular formula is C17H20FN5O5S3. The highest BCUT2D eigenvalue weighted by atomic mass is 32.2. The molecule has 168 valence electrons. The Hall–Kier alpha value is -2.29. The summed E-state index contributed by atoms with van der Waals surface area (Å²) in [5, 5.41) is 10.4. The van der Waals surface area contributed by atoms with Crippen LogP contribution in [-0.4, -0.2) is 78.4 Å². The molecule has 0 radical (unpaired) electrons. The average Bonchev–Trinajstić information content (AvgIpc) is 3.19. The summed E-state index contributed by atoms with van der Waals surface area (Å²) in [6, 6.07) is 5.22. The molecule has 2 heterocycles. The van der Waals surface area contributed by atoms with Crippen molar-refractivity contribution in [3.63, 3.8) is 0 Å². The summed E-state index contributed by atoms with van der Waals surface area (Å²) in [5.74, 6) is -0.886. The highest BCUT2D eigenvalue weighted by Gasteiger charge is 2.31. The predicted octanol–water partition coefficient (Wildman–Crippen LogP) is 1.87. The van der Waals surface area contributed by atoms with Crippen molar-refractivity contribution in [2.24, 2.45) is 0 Å². The van der Waals surface area contributed by atoms with Crippen LogP contribution in [0.25, 0.3) is 0 Å². The van der Waals surface area contributed by atoms with Crippen LogP contribution in [0.1, 0.15) is 6.92 Å². The Morgan fingerprint density at radius 3 is 2.61 bits per heavy atom. The average molecular weight is 490 g/mol. The van der Waals surface area contributed by atoms with Crippen molar-refractivity contribution < 1.29 is 27.1 Å². The van der Waals surface area contributed by atoms with Gasteiger partial charge in [0.1, 0.15) is 10.7 Å². The summed E-state index contributed by atoms with van der Waals surface area (Å²) < 4.78 is 45.6. The van der Waals surface area contributed by atoms with E-state index in [1.54, 1.807) is 11.8 Å². The van der Waals surface area contributed by atoms with Gasteiger partial charge in [0.15, 0.2) is 4.34 Å². The SMILES string of the molecule is CCOC(=O)Nc1nnc(SCC(=O)N2CCN(S(=O)(=O)c3ccccc3F)CC2)s1. The van der Waals surface area contributed by atoms with Crippen molar-refractivity contribution in [2.75, 3.05) is 43.9 Å². The van der Waals surface area contributed by atoms with Crippen LogP contribution in [0.5, 0.6) is 0 Å². The first kappa shape index (κ1) is 23.4. The van der Waals surface area contributed by atoms with Gasteiger partial charge in [0, 0.05) is 26.2 Å². The zero-order chi connectivity index (χ0) is 22.4. The number of hydrogen-bond donors (Lipinski definition) is 1. The lowest BCUT2D eigenvalue weighted by atomic mass is 10.3.